The fourth-order valence-electron chi connectivity index (χ4n) is 0. The Kier molecular flexibility index (Phi) is 12.6. The molecule has 0 aromatic rings. The molecule has 4 nitrogen and oxygen atoms in total. The van der Waals surface area contributed by atoms with Gasteiger partial charge in [-0.15, -0.1) is 0 Å². The van der Waals surface area contributed by atoms with Gasteiger partial charge in [-0.25, -0.2) is 4.57 Å². The standard InChI is InChI=1S/Na.H3O4P.H2S.H/c;1-5(2,3)4;;/h;(H3,1,2,3,4);1H2;. The molecule has 0 saturated heterocycles. The molecular weight excluding hydrogens is 150 g/mol. The molecule has 0 aromatic heterocycles. The van der Waals surface area contributed by atoms with Gasteiger partial charge >= 0.3 is 37.4 Å². The summed E-state index contributed by atoms with van der Waals surface area (Å²) in [6.45, 7) is 0. The van der Waals surface area contributed by atoms with Crippen LogP contribution in [0.25, 0.3) is 0 Å². The fraction of sp³-hybridized carbons (Fsp3) is 0. The Bertz CT molecular complexity index is 57.8. The third-order valence-electron chi connectivity index (χ3n) is 0. The van der Waals surface area contributed by atoms with Crippen LogP contribution in [0.5, 0.6) is 0 Å². The van der Waals surface area contributed by atoms with Crippen LogP contribution < -0.4 is 0 Å². The molecule has 7 heteroatoms. The monoisotopic (exact) mass is 156 g/mol. The molecular formula is H6NaO4PS. The number of rotatable bonds is 0. The molecule has 0 unspecified atom stereocenters. The second kappa shape index (κ2) is 5.59. The van der Waals surface area contributed by atoms with Crippen LogP contribution >= 0.6 is 21.3 Å². The Morgan fingerprint density at radius 2 is 1.14 bits per heavy atom. The SMILES string of the molecule is O=P(O)(O)O.S.[NaH]. The molecule has 0 aliphatic rings. The van der Waals surface area contributed by atoms with Crippen LogP contribution in [0, 0.1) is 0 Å². The molecule has 0 fully saturated rings. The van der Waals surface area contributed by atoms with Crippen LogP contribution in [0.2, 0.25) is 0 Å². The molecule has 0 spiro atoms. The number of phosphoric acid groups is 1. The Balaban J connectivity index is -0.0000000800. The molecule has 0 aromatic carbocycles. The molecule has 0 saturated carbocycles. The normalized spacial score (nSPS) is 8.43. The molecule has 0 aliphatic carbocycles. The summed E-state index contributed by atoms with van der Waals surface area (Å²) in [5.41, 5.74) is 0. The van der Waals surface area contributed by atoms with Gasteiger partial charge in [0, 0.05) is 0 Å². The van der Waals surface area contributed by atoms with E-state index in [4.69, 9.17) is 19.2 Å². The van der Waals surface area contributed by atoms with Crippen molar-refractivity contribution in [2.24, 2.45) is 0 Å². The summed E-state index contributed by atoms with van der Waals surface area (Å²) >= 11 is 0. The molecule has 0 rings (SSSR count). The molecule has 42 valence electrons. The van der Waals surface area contributed by atoms with Gasteiger partial charge in [0.15, 0.2) is 0 Å². The summed E-state index contributed by atoms with van der Waals surface area (Å²) in [5, 5.41) is 0. The first kappa shape index (κ1) is 15.8. The molecule has 3 N–H and O–H groups in total. The average molecular weight is 156 g/mol. The Morgan fingerprint density at radius 1 is 1.14 bits per heavy atom. The van der Waals surface area contributed by atoms with Gasteiger partial charge in [-0.2, -0.15) is 13.5 Å². The molecule has 0 aliphatic heterocycles. The summed E-state index contributed by atoms with van der Waals surface area (Å²) in [7, 11) is -4.64. The maximum atomic E-state index is 8.88. The Morgan fingerprint density at radius 3 is 1.14 bits per heavy atom. The van der Waals surface area contributed by atoms with Gasteiger partial charge in [0.2, 0.25) is 0 Å². The van der Waals surface area contributed by atoms with E-state index >= 15 is 0 Å². The molecule has 0 atom stereocenters. The molecule has 0 amide bonds. The Labute approximate surface area is 69.9 Å². The molecule has 0 radical (unpaired) electrons. The van der Waals surface area contributed by atoms with Crippen molar-refractivity contribution in [3.8, 4) is 0 Å². The average Bonchev–Trinajstić information content (AvgIpc) is 0.722. The summed E-state index contributed by atoms with van der Waals surface area (Å²) in [5.74, 6) is 0. The van der Waals surface area contributed by atoms with E-state index in [0.717, 1.165) is 0 Å². The van der Waals surface area contributed by atoms with E-state index < -0.39 is 7.82 Å². The van der Waals surface area contributed by atoms with Crippen molar-refractivity contribution in [2.75, 3.05) is 0 Å². The predicted octanol–water partition coefficient (Wildman–Crippen LogP) is -1.46. The quantitative estimate of drug-likeness (QED) is 0.295. The zero-order valence-electron chi connectivity index (χ0n) is 2.70. The van der Waals surface area contributed by atoms with Crippen LogP contribution in [0.4, 0.5) is 0 Å². The first-order chi connectivity index (χ1) is 2.00. The summed E-state index contributed by atoms with van der Waals surface area (Å²) in [4.78, 5) is 21.6. The molecule has 7 heavy (non-hydrogen) atoms. The van der Waals surface area contributed by atoms with Crippen molar-refractivity contribution in [2.45, 2.75) is 0 Å². The van der Waals surface area contributed by atoms with E-state index in [2.05, 4.69) is 0 Å². The van der Waals surface area contributed by atoms with Crippen LogP contribution in [-0.2, 0) is 4.57 Å². The van der Waals surface area contributed by atoms with Crippen molar-refractivity contribution in [3.05, 3.63) is 0 Å². The topological polar surface area (TPSA) is 77.8 Å². The van der Waals surface area contributed by atoms with Crippen LogP contribution in [0.3, 0.4) is 0 Å². The van der Waals surface area contributed by atoms with Gasteiger partial charge in [-0.3, -0.25) is 0 Å². The van der Waals surface area contributed by atoms with Crippen molar-refractivity contribution in [1.82, 2.24) is 0 Å². The molecule has 0 bridgehead atoms. The minimum atomic E-state index is -4.64. The van der Waals surface area contributed by atoms with Gasteiger partial charge in [0.05, 0.1) is 0 Å². The summed E-state index contributed by atoms with van der Waals surface area (Å²) in [6, 6.07) is 0. The van der Waals surface area contributed by atoms with E-state index in [0.29, 0.717) is 0 Å². The van der Waals surface area contributed by atoms with Crippen LogP contribution in [0.1, 0.15) is 0 Å². The summed E-state index contributed by atoms with van der Waals surface area (Å²) < 4.78 is 8.88. The second-order valence-electron chi connectivity index (χ2n) is 0.513. The number of hydrogen-bond donors (Lipinski definition) is 3. The zero-order chi connectivity index (χ0) is 4.50. The van der Waals surface area contributed by atoms with Gasteiger partial charge in [0.25, 0.3) is 0 Å². The third-order valence-corrected chi connectivity index (χ3v) is 0. The van der Waals surface area contributed by atoms with Crippen molar-refractivity contribution in [3.63, 3.8) is 0 Å². The minimum absolute atomic E-state index is 0. The van der Waals surface area contributed by atoms with Crippen molar-refractivity contribution < 1.29 is 19.2 Å². The van der Waals surface area contributed by atoms with Gasteiger partial charge in [-0.05, 0) is 0 Å². The molecule has 0 heterocycles. The van der Waals surface area contributed by atoms with Crippen LogP contribution in [0.15, 0.2) is 0 Å². The van der Waals surface area contributed by atoms with Gasteiger partial charge in [-0.1, -0.05) is 0 Å². The Hall–Kier alpha value is 1.46. The maximum absolute atomic E-state index is 8.88. The second-order valence-corrected chi connectivity index (χ2v) is 1.54. The summed E-state index contributed by atoms with van der Waals surface area (Å²) in [6.07, 6.45) is 0. The van der Waals surface area contributed by atoms with Crippen LogP contribution in [-0.4, -0.2) is 44.2 Å². The fourth-order valence-corrected chi connectivity index (χ4v) is 0. The van der Waals surface area contributed by atoms with Gasteiger partial charge in [0.1, 0.15) is 0 Å². The van der Waals surface area contributed by atoms with E-state index in [1.54, 1.807) is 0 Å². The van der Waals surface area contributed by atoms with E-state index in [1.807, 2.05) is 0 Å². The van der Waals surface area contributed by atoms with Crippen molar-refractivity contribution in [1.29, 1.82) is 0 Å². The predicted molar refractivity (Wildman–Crippen MR) is 31.8 cm³/mol. The third kappa shape index (κ3) is 104. The van der Waals surface area contributed by atoms with E-state index in [-0.39, 0.29) is 43.1 Å². The number of hydrogen-bond acceptors (Lipinski definition) is 1. The first-order valence-corrected chi connectivity index (χ1v) is 2.35. The van der Waals surface area contributed by atoms with Gasteiger partial charge < -0.3 is 14.7 Å². The van der Waals surface area contributed by atoms with E-state index in [1.165, 1.54) is 0 Å². The van der Waals surface area contributed by atoms with Crippen molar-refractivity contribution >= 4 is 50.9 Å². The first-order valence-electron chi connectivity index (χ1n) is 0.783. The zero-order valence-corrected chi connectivity index (χ0v) is 4.59. The van der Waals surface area contributed by atoms with E-state index in [9.17, 15) is 0 Å².